The van der Waals surface area contributed by atoms with E-state index in [0.717, 1.165) is 6.07 Å². The van der Waals surface area contributed by atoms with Crippen molar-refractivity contribution < 1.29 is 23.1 Å². The number of amides is 2. The summed E-state index contributed by atoms with van der Waals surface area (Å²) >= 11 is 0. The van der Waals surface area contributed by atoms with Crippen molar-refractivity contribution in [2.45, 2.75) is 44.9 Å². The Morgan fingerprint density at radius 1 is 1.27 bits per heavy atom. The summed E-state index contributed by atoms with van der Waals surface area (Å²) in [6, 6.07) is 0.983. The number of fused-ring (bicyclic) bond motifs is 1. The van der Waals surface area contributed by atoms with Gasteiger partial charge in [-0.05, 0) is 32.8 Å². The van der Waals surface area contributed by atoms with Crippen LogP contribution in [0.2, 0.25) is 0 Å². The number of hydrogen-bond donors (Lipinski definition) is 4. The molecule has 1 unspecified atom stereocenters. The lowest BCUT2D eigenvalue weighted by molar-refractivity contribution is 0.0834. The number of urea groups is 1. The molecule has 1 saturated carbocycles. The fourth-order valence-electron chi connectivity index (χ4n) is 3.46. The number of aryl methyl sites for hydroxylation is 1. The highest BCUT2D eigenvalue weighted by Gasteiger charge is 2.27. The lowest BCUT2D eigenvalue weighted by Crippen LogP contribution is -2.39. The van der Waals surface area contributed by atoms with Gasteiger partial charge < -0.3 is 25.5 Å². The zero-order valence-corrected chi connectivity index (χ0v) is 16.4. The van der Waals surface area contributed by atoms with E-state index in [1.807, 2.05) is 0 Å². The smallest absolute Gasteiger partial charge is 0.319 e. The molecule has 158 valence electrons. The van der Waals surface area contributed by atoms with Gasteiger partial charge in [0, 0.05) is 23.1 Å². The Morgan fingerprint density at radius 2 is 1.97 bits per heavy atom. The minimum Gasteiger partial charge on any atom is -0.456 e. The van der Waals surface area contributed by atoms with Crippen molar-refractivity contribution in [1.82, 2.24) is 15.3 Å². The monoisotopic (exact) mass is 417 g/mol. The Morgan fingerprint density at radius 3 is 2.63 bits per heavy atom. The molecule has 0 radical (unpaired) electrons. The van der Waals surface area contributed by atoms with Crippen LogP contribution >= 0.6 is 0 Å². The number of hydrogen-bond acceptors (Lipinski definition) is 6. The Balaban J connectivity index is 1.38. The van der Waals surface area contributed by atoms with Crippen LogP contribution in [0.1, 0.15) is 37.1 Å². The number of benzene rings is 1. The molecule has 4 rings (SSSR count). The number of rotatable bonds is 5. The van der Waals surface area contributed by atoms with Crippen LogP contribution in [0.15, 0.2) is 28.9 Å². The van der Waals surface area contributed by atoms with Crippen molar-refractivity contribution in [2.75, 3.05) is 10.6 Å². The fourth-order valence-corrected chi connectivity index (χ4v) is 3.46. The molecule has 0 aliphatic heterocycles. The van der Waals surface area contributed by atoms with E-state index >= 15 is 0 Å². The van der Waals surface area contributed by atoms with Crippen molar-refractivity contribution in [2.24, 2.45) is 0 Å². The molecule has 1 atom stereocenters. The number of furan rings is 1. The number of carbonyl (C=O) groups is 1. The molecule has 10 heteroatoms. The van der Waals surface area contributed by atoms with Gasteiger partial charge in [0.25, 0.3) is 0 Å². The molecule has 8 nitrogen and oxygen atoms in total. The van der Waals surface area contributed by atoms with Crippen LogP contribution in [0, 0.1) is 18.6 Å². The normalized spacial score (nSPS) is 19.2. The maximum absolute atomic E-state index is 13.9. The summed E-state index contributed by atoms with van der Waals surface area (Å²) in [4.78, 5) is 20.6. The highest BCUT2D eigenvalue weighted by atomic mass is 19.1. The lowest BCUT2D eigenvalue weighted by atomic mass is 9.90. The maximum Gasteiger partial charge on any atom is 0.319 e. The average Bonchev–Trinajstić information content (AvgIpc) is 2.99. The molecule has 2 heterocycles. The van der Waals surface area contributed by atoms with Gasteiger partial charge in [-0.1, -0.05) is 0 Å². The van der Waals surface area contributed by atoms with Crippen LogP contribution in [-0.4, -0.2) is 33.3 Å². The van der Waals surface area contributed by atoms with Gasteiger partial charge in [0.1, 0.15) is 11.6 Å². The quantitative estimate of drug-likeness (QED) is 0.504. The zero-order valence-electron chi connectivity index (χ0n) is 16.4. The van der Waals surface area contributed by atoms with Crippen LogP contribution in [0.3, 0.4) is 0 Å². The summed E-state index contributed by atoms with van der Waals surface area (Å²) in [6.07, 6.45) is 3.95. The van der Waals surface area contributed by atoms with Crippen LogP contribution < -0.4 is 16.0 Å². The molecule has 2 aromatic heterocycles. The third-order valence-electron chi connectivity index (χ3n) is 5.09. The van der Waals surface area contributed by atoms with E-state index in [2.05, 4.69) is 25.9 Å². The summed E-state index contributed by atoms with van der Waals surface area (Å²) in [5.41, 5.74) is 0.887. The van der Waals surface area contributed by atoms with Crippen LogP contribution in [0.5, 0.6) is 0 Å². The molecule has 30 heavy (non-hydrogen) atoms. The number of carbonyl (C=O) groups excluding carboxylic acids is 1. The number of halogens is 2. The third kappa shape index (κ3) is 4.04. The van der Waals surface area contributed by atoms with Crippen LogP contribution in [-0.2, 0) is 0 Å². The van der Waals surface area contributed by atoms with Crippen molar-refractivity contribution in [3.8, 4) is 0 Å². The second kappa shape index (κ2) is 7.86. The molecule has 1 aliphatic rings. The molecule has 2 amide bonds. The first-order valence-corrected chi connectivity index (χ1v) is 9.52. The SMILES string of the molecule is Cc1c(C(C)NC(=O)Nc2cnc(NC3CC(O)C3)nc2)oc2c(F)cc(F)cc12. The Labute approximate surface area is 170 Å². The number of aromatic nitrogens is 2. The number of anilines is 2. The first-order chi connectivity index (χ1) is 14.3. The van der Waals surface area contributed by atoms with Gasteiger partial charge in [0.15, 0.2) is 11.4 Å². The second-order valence-electron chi connectivity index (χ2n) is 7.44. The van der Waals surface area contributed by atoms with E-state index in [4.69, 9.17) is 4.42 Å². The molecule has 1 aliphatic carbocycles. The van der Waals surface area contributed by atoms with E-state index in [0.29, 0.717) is 41.2 Å². The van der Waals surface area contributed by atoms with Gasteiger partial charge >= 0.3 is 6.03 Å². The lowest BCUT2D eigenvalue weighted by Gasteiger charge is -2.31. The molecule has 4 N–H and O–H groups in total. The fraction of sp³-hybridized carbons (Fsp3) is 0.350. The number of nitrogens with zero attached hydrogens (tertiary/aromatic N) is 2. The Kier molecular flexibility index (Phi) is 5.25. The predicted molar refractivity (Wildman–Crippen MR) is 106 cm³/mol. The highest BCUT2D eigenvalue weighted by Crippen LogP contribution is 2.31. The number of nitrogens with one attached hydrogen (secondary N) is 3. The molecular weight excluding hydrogens is 396 g/mol. The van der Waals surface area contributed by atoms with Gasteiger partial charge in [0.2, 0.25) is 5.95 Å². The predicted octanol–water partition coefficient (Wildman–Crippen LogP) is 3.63. The third-order valence-corrected chi connectivity index (χ3v) is 5.09. The summed E-state index contributed by atoms with van der Waals surface area (Å²) in [5.74, 6) is -0.736. The number of aliphatic hydroxyl groups is 1. The molecular formula is C20H21F2N5O3. The van der Waals surface area contributed by atoms with E-state index in [1.165, 1.54) is 18.5 Å². The van der Waals surface area contributed by atoms with Crippen LogP contribution in [0.25, 0.3) is 11.0 Å². The first-order valence-electron chi connectivity index (χ1n) is 9.52. The second-order valence-corrected chi connectivity index (χ2v) is 7.44. The zero-order chi connectivity index (χ0) is 21.4. The van der Waals surface area contributed by atoms with Crippen LogP contribution in [0.4, 0.5) is 25.2 Å². The minimum absolute atomic E-state index is 0.0478. The van der Waals surface area contributed by atoms with Gasteiger partial charge in [-0.15, -0.1) is 0 Å². The molecule has 1 aromatic carbocycles. The Hall–Kier alpha value is -3.27. The Bertz CT molecular complexity index is 1080. The van der Waals surface area contributed by atoms with E-state index in [1.54, 1.807) is 13.8 Å². The minimum atomic E-state index is -0.793. The topological polar surface area (TPSA) is 112 Å². The van der Waals surface area contributed by atoms with Gasteiger partial charge in [-0.2, -0.15) is 0 Å². The average molecular weight is 417 g/mol. The standard InChI is InChI=1S/C20H21F2N5O3/c1-9-15-3-11(21)4-16(22)18(15)30-17(9)10(2)25-20(29)27-13-7-23-19(24-8-13)26-12-5-14(28)6-12/h3-4,7-8,10,12,14,28H,5-6H2,1-2H3,(H,23,24,26)(H2,25,27,29). The van der Waals surface area contributed by atoms with E-state index < -0.39 is 23.7 Å². The first kappa shape index (κ1) is 20.0. The van der Waals surface area contributed by atoms with Crippen molar-refractivity contribution in [3.05, 3.63) is 47.5 Å². The summed E-state index contributed by atoms with van der Waals surface area (Å²) in [6.45, 7) is 3.35. The van der Waals surface area contributed by atoms with Crippen molar-refractivity contribution in [3.63, 3.8) is 0 Å². The maximum atomic E-state index is 13.9. The molecule has 1 fully saturated rings. The van der Waals surface area contributed by atoms with Gasteiger partial charge in [-0.3, -0.25) is 0 Å². The summed E-state index contributed by atoms with van der Waals surface area (Å²) in [7, 11) is 0. The van der Waals surface area contributed by atoms with E-state index in [9.17, 15) is 18.7 Å². The van der Waals surface area contributed by atoms with Gasteiger partial charge in [0.05, 0.1) is 30.2 Å². The van der Waals surface area contributed by atoms with E-state index in [-0.39, 0.29) is 17.7 Å². The molecule has 0 spiro atoms. The number of aliphatic hydroxyl groups excluding tert-OH is 1. The molecule has 3 aromatic rings. The van der Waals surface area contributed by atoms with Gasteiger partial charge in [-0.25, -0.2) is 23.5 Å². The highest BCUT2D eigenvalue weighted by molar-refractivity contribution is 5.89. The van der Waals surface area contributed by atoms with Crippen molar-refractivity contribution >= 4 is 28.6 Å². The largest absolute Gasteiger partial charge is 0.456 e. The molecule has 0 saturated heterocycles. The molecule has 0 bridgehead atoms. The summed E-state index contributed by atoms with van der Waals surface area (Å²) < 4.78 is 33.0. The summed E-state index contributed by atoms with van der Waals surface area (Å²) in [5, 5.41) is 18.0. The van der Waals surface area contributed by atoms with Crippen molar-refractivity contribution in [1.29, 1.82) is 0 Å².